The van der Waals surface area contributed by atoms with Crippen molar-refractivity contribution in [3.8, 4) is 0 Å². The molecule has 0 saturated carbocycles. The molecule has 0 bridgehead atoms. The van der Waals surface area contributed by atoms with Crippen LogP contribution in [-0.2, 0) is 9.84 Å². The number of aromatic nitrogens is 2. The van der Waals surface area contributed by atoms with Crippen LogP contribution in [0.2, 0.25) is 0 Å². The molecule has 1 aliphatic heterocycles. The lowest BCUT2D eigenvalue weighted by atomic mass is 10.1. The summed E-state index contributed by atoms with van der Waals surface area (Å²) in [5, 5.41) is 6.77. The molecule has 1 aliphatic rings. The van der Waals surface area contributed by atoms with Crippen LogP contribution in [0, 0.1) is 0 Å². The zero-order chi connectivity index (χ0) is 14.9. The zero-order valence-corrected chi connectivity index (χ0v) is 12.5. The zero-order valence-electron chi connectivity index (χ0n) is 11.7. The molecule has 0 aromatic carbocycles. The second-order valence-corrected chi connectivity index (χ2v) is 7.66. The minimum Gasteiger partial charge on any atom is -0.395 e. The number of amides is 1. The smallest absolute Gasteiger partial charge is 0.276 e. The van der Waals surface area contributed by atoms with Crippen LogP contribution in [0.3, 0.4) is 0 Å². The van der Waals surface area contributed by atoms with E-state index in [0.29, 0.717) is 18.7 Å². The maximum absolute atomic E-state index is 12.4. The molecule has 1 amide bonds. The molecular weight excluding hydrogens is 280 g/mol. The van der Waals surface area contributed by atoms with Crippen molar-refractivity contribution < 1.29 is 13.2 Å². The molecule has 1 saturated heterocycles. The molecule has 2 heterocycles. The molecule has 7 nitrogen and oxygen atoms in total. The lowest BCUT2D eigenvalue weighted by Crippen LogP contribution is -2.34. The van der Waals surface area contributed by atoms with E-state index in [1.165, 1.54) is 4.90 Å². The van der Waals surface area contributed by atoms with E-state index in [1.807, 2.05) is 13.8 Å². The second-order valence-electron chi connectivity index (χ2n) is 5.35. The van der Waals surface area contributed by atoms with Gasteiger partial charge >= 0.3 is 0 Å². The van der Waals surface area contributed by atoms with Gasteiger partial charge in [0.05, 0.1) is 22.9 Å². The van der Waals surface area contributed by atoms with E-state index >= 15 is 0 Å². The Morgan fingerprint density at radius 1 is 1.35 bits per heavy atom. The van der Waals surface area contributed by atoms with Crippen LogP contribution >= 0.6 is 0 Å². The number of sulfone groups is 1. The van der Waals surface area contributed by atoms with Gasteiger partial charge in [0.2, 0.25) is 0 Å². The SMILES string of the molecule is CC(C)c1[nH]nc(C(=O)N2CCCS(=O)(=O)CC2)c1N. The van der Waals surface area contributed by atoms with Gasteiger partial charge < -0.3 is 10.6 Å². The third kappa shape index (κ3) is 2.95. The average molecular weight is 300 g/mol. The number of hydrogen-bond acceptors (Lipinski definition) is 5. The van der Waals surface area contributed by atoms with Gasteiger partial charge in [0.15, 0.2) is 15.5 Å². The predicted octanol–water partition coefficient (Wildman–Crippen LogP) is 0.376. The molecule has 112 valence electrons. The molecule has 0 unspecified atom stereocenters. The normalized spacial score (nSPS) is 19.1. The summed E-state index contributed by atoms with van der Waals surface area (Å²) in [4.78, 5) is 13.9. The molecule has 0 spiro atoms. The van der Waals surface area contributed by atoms with Crippen LogP contribution < -0.4 is 5.73 Å². The molecule has 0 atom stereocenters. The number of anilines is 1. The van der Waals surface area contributed by atoms with Crippen molar-refractivity contribution >= 4 is 21.4 Å². The highest BCUT2D eigenvalue weighted by Crippen LogP contribution is 2.23. The molecule has 8 heteroatoms. The minimum absolute atomic E-state index is 0.000104. The topological polar surface area (TPSA) is 109 Å². The first kappa shape index (κ1) is 14.8. The quantitative estimate of drug-likeness (QED) is 0.820. The van der Waals surface area contributed by atoms with E-state index in [9.17, 15) is 13.2 Å². The fourth-order valence-corrected chi connectivity index (χ4v) is 3.53. The summed E-state index contributed by atoms with van der Waals surface area (Å²) in [7, 11) is -3.04. The van der Waals surface area contributed by atoms with Crippen molar-refractivity contribution in [2.24, 2.45) is 0 Å². The van der Waals surface area contributed by atoms with Gasteiger partial charge in [0.1, 0.15) is 0 Å². The van der Waals surface area contributed by atoms with Crippen LogP contribution in [0.5, 0.6) is 0 Å². The van der Waals surface area contributed by atoms with E-state index in [0.717, 1.165) is 5.69 Å². The highest BCUT2D eigenvalue weighted by molar-refractivity contribution is 7.91. The van der Waals surface area contributed by atoms with Crippen LogP contribution in [0.15, 0.2) is 0 Å². The number of nitrogens with one attached hydrogen (secondary N) is 1. The molecule has 2 rings (SSSR count). The van der Waals surface area contributed by atoms with Gasteiger partial charge in [0.25, 0.3) is 5.91 Å². The lowest BCUT2D eigenvalue weighted by Gasteiger charge is -2.18. The van der Waals surface area contributed by atoms with Gasteiger partial charge in [0, 0.05) is 13.1 Å². The fraction of sp³-hybridized carbons (Fsp3) is 0.667. The first-order valence-corrected chi connectivity index (χ1v) is 8.47. The summed E-state index contributed by atoms with van der Waals surface area (Å²) in [6.07, 6.45) is 0.454. The van der Waals surface area contributed by atoms with Crippen LogP contribution in [0.1, 0.15) is 42.4 Å². The van der Waals surface area contributed by atoms with E-state index in [2.05, 4.69) is 10.2 Å². The standard InChI is InChI=1S/C12H20N4O3S/c1-8(2)10-9(13)11(15-14-10)12(17)16-4-3-6-20(18,19)7-5-16/h8H,3-7,13H2,1-2H3,(H,14,15). The first-order chi connectivity index (χ1) is 9.32. The van der Waals surface area contributed by atoms with Gasteiger partial charge in [-0.2, -0.15) is 5.10 Å². The maximum Gasteiger partial charge on any atom is 0.276 e. The van der Waals surface area contributed by atoms with E-state index in [-0.39, 0.29) is 35.6 Å². The number of nitrogen functional groups attached to an aromatic ring is 1. The Labute approximate surface area is 118 Å². The molecule has 1 aromatic heterocycles. The Hall–Kier alpha value is -1.57. The van der Waals surface area contributed by atoms with E-state index in [1.54, 1.807) is 0 Å². The van der Waals surface area contributed by atoms with Crippen molar-refractivity contribution in [2.45, 2.75) is 26.2 Å². The summed E-state index contributed by atoms with van der Waals surface area (Å²) in [6, 6.07) is 0. The number of carbonyl (C=O) groups excluding carboxylic acids is 1. The Morgan fingerprint density at radius 3 is 2.65 bits per heavy atom. The Morgan fingerprint density at radius 2 is 2.05 bits per heavy atom. The molecule has 3 N–H and O–H groups in total. The van der Waals surface area contributed by atoms with Gasteiger partial charge in [-0.05, 0) is 12.3 Å². The van der Waals surface area contributed by atoms with Gasteiger partial charge in [-0.15, -0.1) is 0 Å². The average Bonchev–Trinajstić information content (AvgIpc) is 2.64. The van der Waals surface area contributed by atoms with Crippen LogP contribution in [0.4, 0.5) is 5.69 Å². The van der Waals surface area contributed by atoms with Gasteiger partial charge in [-0.25, -0.2) is 8.42 Å². The molecule has 1 aromatic rings. The van der Waals surface area contributed by atoms with Crippen LogP contribution in [-0.4, -0.2) is 54.0 Å². The Balaban J connectivity index is 2.19. The fourth-order valence-electron chi connectivity index (χ4n) is 2.26. The van der Waals surface area contributed by atoms with Crippen molar-refractivity contribution in [3.05, 3.63) is 11.4 Å². The molecular formula is C12H20N4O3S. The minimum atomic E-state index is -3.04. The van der Waals surface area contributed by atoms with Crippen molar-refractivity contribution in [2.75, 3.05) is 30.3 Å². The maximum atomic E-state index is 12.4. The van der Waals surface area contributed by atoms with Gasteiger partial charge in [-0.3, -0.25) is 9.89 Å². The summed E-state index contributed by atoms with van der Waals surface area (Å²) in [5.41, 5.74) is 7.22. The highest BCUT2D eigenvalue weighted by Gasteiger charge is 2.27. The number of carbonyl (C=O) groups is 1. The molecule has 0 aliphatic carbocycles. The number of nitrogens with two attached hydrogens (primary N) is 1. The van der Waals surface area contributed by atoms with E-state index < -0.39 is 9.84 Å². The first-order valence-electron chi connectivity index (χ1n) is 6.65. The number of rotatable bonds is 2. The van der Waals surface area contributed by atoms with E-state index in [4.69, 9.17) is 5.73 Å². The molecule has 20 heavy (non-hydrogen) atoms. The van der Waals surface area contributed by atoms with Crippen molar-refractivity contribution in [3.63, 3.8) is 0 Å². The summed E-state index contributed by atoms with van der Waals surface area (Å²) in [5.74, 6) is -0.0270. The summed E-state index contributed by atoms with van der Waals surface area (Å²) >= 11 is 0. The number of H-pyrrole nitrogens is 1. The Kier molecular flexibility index (Phi) is 4.03. The van der Waals surface area contributed by atoms with Crippen LogP contribution in [0.25, 0.3) is 0 Å². The lowest BCUT2D eigenvalue weighted by molar-refractivity contribution is 0.0763. The largest absolute Gasteiger partial charge is 0.395 e. The monoisotopic (exact) mass is 300 g/mol. The number of nitrogens with zero attached hydrogens (tertiary/aromatic N) is 2. The van der Waals surface area contributed by atoms with Gasteiger partial charge in [-0.1, -0.05) is 13.8 Å². The molecule has 1 fully saturated rings. The third-order valence-electron chi connectivity index (χ3n) is 3.46. The summed E-state index contributed by atoms with van der Waals surface area (Å²) < 4.78 is 23.1. The third-order valence-corrected chi connectivity index (χ3v) is 5.17. The van der Waals surface area contributed by atoms with Crippen molar-refractivity contribution in [1.29, 1.82) is 0 Å². The van der Waals surface area contributed by atoms with Crippen molar-refractivity contribution in [1.82, 2.24) is 15.1 Å². The summed E-state index contributed by atoms with van der Waals surface area (Å²) in [6.45, 7) is 4.53. The highest BCUT2D eigenvalue weighted by atomic mass is 32.2. The molecule has 0 radical (unpaired) electrons. The second kappa shape index (κ2) is 5.43. The number of aromatic amines is 1. The Bertz CT molecular complexity index is 606. The number of hydrogen-bond donors (Lipinski definition) is 2. The predicted molar refractivity (Wildman–Crippen MR) is 76.3 cm³/mol.